The molecule has 0 aliphatic carbocycles. The van der Waals surface area contributed by atoms with Crippen molar-refractivity contribution in [3.8, 4) is 5.75 Å². The van der Waals surface area contributed by atoms with Crippen LogP contribution in [0.25, 0.3) is 0 Å². The summed E-state index contributed by atoms with van der Waals surface area (Å²) in [6.45, 7) is 6.19. The van der Waals surface area contributed by atoms with E-state index in [1.54, 1.807) is 36.4 Å². The number of aryl methyl sites for hydroxylation is 1. The van der Waals surface area contributed by atoms with Crippen LogP contribution in [0.5, 0.6) is 5.75 Å². The standard InChI is InChI=1S/C36H40BrN3O5S/c1-4-23-38-36(42)34(24-28-9-7-6-8-10-28)39(25-29-13-15-30(37)16-14-29)35(41)26-40(31-17-19-32(20-18-31)45-5-2)46(43,44)33-21-11-27(3)12-22-33/h6-22,34H,4-5,23-26H2,1-3H3,(H,38,42)/t34-/m0/s1. The Morgan fingerprint density at radius 3 is 2.11 bits per heavy atom. The first kappa shape index (κ1) is 34.7. The Labute approximate surface area is 280 Å². The van der Waals surface area contributed by atoms with Crippen LogP contribution in [0.15, 0.2) is 112 Å². The molecule has 1 atom stereocenters. The van der Waals surface area contributed by atoms with Gasteiger partial charge >= 0.3 is 0 Å². The Bertz CT molecular complexity index is 1680. The van der Waals surface area contributed by atoms with Gasteiger partial charge in [-0.25, -0.2) is 8.42 Å². The Balaban J connectivity index is 1.79. The molecule has 242 valence electrons. The van der Waals surface area contributed by atoms with Gasteiger partial charge in [0, 0.05) is 24.0 Å². The zero-order valence-corrected chi connectivity index (χ0v) is 28.8. The van der Waals surface area contributed by atoms with Crippen LogP contribution in [0.4, 0.5) is 5.69 Å². The second kappa shape index (κ2) is 16.4. The molecule has 46 heavy (non-hydrogen) atoms. The molecule has 0 aliphatic rings. The second-order valence-electron chi connectivity index (χ2n) is 10.9. The Hall–Kier alpha value is -4.15. The summed E-state index contributed by atoms with van der Waals surface area (Å²) < 4.78 is 35.9. The summed E-state index contributed by atoms with van der Waals surface area (Å²) in [6.07, 6.45) is 0.983. The number of hydrogen-bond acceptors (Lipinski definition) is 5. The topological polar surface area (TPSA) is 96.0 Å². The number of sulfonamides is 1. The number of benzene rings is 4. The molecule has 0 spiro atoms. The molecule has 0 radical (unpaired) electrons. The third kappa shape index (κ3) is 9.20. The molecule has 0 aromatic heterocycles. The zero-order chi connectivity index (χ0) is 33.1. The van der Waals surface area contributed by atoms with Gasteiger partial charge in [-0.05, 0) is 79.9 Å². The average molecular weight is 707 g/mol. The number of ether oxygens (including phenoxy) is 1. The van der Waals surface area contributed by atoms with Gasteiger partial charge in [-0.2, -0.15) is 0 Å². The largest absolute Gasteiger partial charge is 0.494 e. The van der Waals surface area contributed by atoms with Crippen LogP contribution in [0, 0.1) is 6.92 Å². The summed E-state index contributed by atoms with van der Waals surface area (Å²) in [6, 6.07) is 29.2. The third-order valence-electron chi connectivity index (χ3n) is 7.41. The van der Waals surface area contributed by atoms with Crippen molar-refractivity contribution in [2.75, 3.05) is 24.0 Å². The zero-order valence-electron chi connectivity index (χ0n) is 26.4. The van der Waals surface area contributed by atoms with E-state index >= 15 is 0 Å². The molecular formula is C36H40BrN3O5S. The predicted octanol–water partition coefficient (Wildman–Crippen LogP) is 6.52. The summed E-state index contributed by atoms with van der Waals surface area (Å²) in [5.74, 6) is -0.233. The molecule has 0 heterocycles. The average Bonchev–Trinajstić information content (AvgIpc) is 3.06. The smallest absolute Gasteiger partial charge is 0.264 e. The second-order valence-corrected chi connectivity index (χ2v) is 13.7. The molecule has 0 bridgehead atoms. The fourth-order valence-corrected chi connectivity index (χ4v) is 6.63. The van der Waals surface area contributed by atoms with Gasteiger partial charge in [0.1, 0.15) is 18.3 Å². The number of rotatable bonds is 15. The van der Waals surface area contributed by atoms with Crippen molar-refractivity contribution in [2.45, 2.75) is 51.1 Å². The number of carbonyl (C=O) groups excluding carboxylic acids is 2. The number of anilines is 1. The SMILES string of the molecule is CCCNC(=O)[C@H](Cc1ccccc1)N(Cc1ccc(Br)cc1)C(=O)CN(c1ccc(OCC)cc1)S(=O)(=O)c1ccc(C)cc1. The minimum absolute atomic E-state index is 0.0563. The predicted molar refractivity (Wildman–Crippen MR) is 185 cm³/mol. The Morgan fingerprint density at radius 1 is 0.848 bits per heavy atom. The van der Waals surface area contributed by atoms with Crippen molar-refractivity contribution in [1.29, 1.82) is 0 Å². The van der Waals surface area contributed by atoms with E-state index in [1.165, 1.54) is 17.0 Å². The lowest BCUT2D eigenvalue weighted by atomic mass is 10.0. The van der Waals surface area contributed by atoms with Crippen molar-refractivity contribution in [2.24, 2.45) is 0 Å². The van der Waals surface area contributed by atoms with Gasteiger partial charge in [-0.15, -0.1) is 0 Å². The maximum Gasteiger partial charge on any atom is 0.264 e. The van der Waals surface area contributed by atoms with Crippen molar-refractivity contribution in [3.05, 3.63) is 124 Å². The van der Waals surface area contributed by atoms with E-state index in [0.29, 0.717) is 24.6 Å². The lowest BCUT2D eigenvalue weighted by Gasteiger charge is -2.34. The Morgan fingerprint density at radius 2 is 1.50 bits per heavy atom. The van der Waals surface area contributed by atoms with Gasteiger partial charge in [-0.1, -0.05) is 83.0 Å². The van der Waals surface area contributed by atoms with Gasteiger partial charge in [-0.3, -0.25) is 13.9 Å². The number of hydrogen-bond donors (Lipinski definition) is 1. The molecule has 4 aromatic rings. The first-order chi connectivity index (χ1) is 22.1. The normalized spacial score (nSPS) is 11.8. The van der Waals surface area contributed by atoms with Crippen LogP contribution in [0.1, 0.15) is 37.0 Å². The Kier molecular flexibility index (Phi) is 12.4. The first-order valence-corrected chi connectivity index (χ1v) is 17.5. The maximum absolute atomic E-state index is 14.5. The molecule has 0 unspecified atom stereocenters. The van der Waals surface area contributed by atoms with Gasteiger partial charge in [0.05, 0.1) is 17.2 Å². The van der Waals surface area contributed by atoms with E-state index in [9.17, 15) is 18.0 Å². The van der Waals surface area contributed by atoms with E-state index in [0.717, 1.165) is 31.9 Å². The number of carbonyl (C=O) groups is 2. The molecule has 1 N–H and O–H groups in total. The molecule has 8 nitrogen and oxygen atoms in total. The molecule has 2 amide bonds. The van der Waals surface area contributed by atoms with E-state index < -0.39 is 28.5 Å². The minimum Gasteiger partial charge on any atom is -0.494 e. The highest BCUT2D eigenvalue weighted by molar-refractivity contribution is 9.10. The van der Waals surface area contributed by atoms with Crippen molar-refractivity contribution in [3.63, 3.8) is 0 Å². The van der Waals surface area contributed by atoms with Crippen molar-refractivity contribution in [1.82, 2.24) is 10.2 Å². The quantitative estimate of drug-likeness (QED) is 0.152. The molecule has 0 aliphatic heterocycles. The van der Waals surface area contributed by atoms with E-state index in [1.807, 2.05) is 75.4 Å². The van der Waals surface area contributed by atoms with Gasteiger partial charge in [0.15, 0.2) is 0 Å². The van der Waals surface area contributed by atoms with Gasteiger partial charge < -0.3 is 15.0 Å². The number of nitrogens with zero attached hydrogens (tertiary/aromatic N) is 2. The first-order valence-electron chi connectivity index (χ1n) is 15.3. The number of nitrogens with one attached hydrogen (secondary N) is 1. The molecule has 0 fully saturated rings. The summed E-state index contributed by atoms with van der Waals surface area (Å²) in [5.41, 5.74) is 2.89. The minimum atomic E-state index is -4.18. The molecular weight excluding hydrogens is 666 g/mol. The van der Waals surface area contributed by atoms with Crippen LogP contribution in [0.2, 0.25) is 0 Å². The maximum atomic E-state index is 14.5. The monoisotopic (exact) mass is 705 g/mol. The number of halogens is 1. The molecule has 4 aromatic carbocycles. The fourth-order valence-electron chi connectivity index (χ4n) is 4.95. The summed E-state index contributed by atoms with van der Waals surface area (Å²) in [4.78, 5) is 29.8. The van der Waals surface area contributed by atoms with Gasteiger partial charge in [0.25, 0.3) is 10.0 Å². The molecule has 10 heteroatoms. The molecule has 0 saturated heterocycles. The van der Waals surface area contributed by atoms with Crippen molar-refractivity contribution < 1.29 is 22.7 Å². The molecule has 4 rings (SSSR count). The third-order valence-corrected chi connectivity index (χ3v) is 9.73. The van der Waals surface area contributed by atoms with Gasteiger partial charge in [0.2, 0.25) is 11.8 Å². The summed E-state index contributed by atoms with van der Waals surface area (Å²) in [5, 5.41) is 2.96. The lowest BCUT2D eigenvalue weighted by molar-refractivity contribution is -0.140. The lowest BCUT2D eigenvalue weighted by Crippen LogP contribution is -2.53. The van der Waals surface area contributed by atoms with E-state index in [4.69, 9.17) is 4.74 Å². The highest BCUT2D eigenvalue weighted by atomic mass is 79.9. The van der Waals surface area contributed by atoms with Crippen LogP contribution < -0.4 is 14.4 Å². The van der Waals surface area contributed by atoms with E-state index in [2.05, 4.69) is 21.2 Å². The van der Waals surface area contributed by atoms with Crippen LogP contribution in [-0.4, -0.2) is 50.9 Å². The molecule has 0 saturated carbocycles. The highest BCUT2D eigenvalue weighted by Gasteiger charge is 2.34. The van der Waals surface area contributed by atoms with Crippen molar-refractivity contribution >= 4 is 43.5 Å². The fraction of sp³-hybridized carbons (Fsp3) is 0.278. The number of amides is 2. The summed E-state index contributed by atoms with van der Waals surface area (Å²) >= 11 is 3.46. The van der Waals surface area contributed by atoms with E-state index in [-0.39, 0.29) is 23.8 Å². The van der Waals surface area contributed by atoms with Crippen LogP contribution >= 0.6 is 15.9 Å². The summed E-state index contributed by atoms with van der Waals surface area (Å²) in [7, 11) is -4.18. The van der Waals surface area contributed by atoms with Crippen LogP contribution in [-0.2, 0) is 32.6 Å². The van der Waals surface area contributed by atoms with Crippen LogP contribution in [0.3, 0.4) is 0 Å². The highest BCUT2D eigenvalue weighted by Crippen LogP contribution is 2.27.